The van der Waals surface area contributed by atoms with Gasteiger partial charge in [-0.05, 0) is 49.9 Å². The Morgan fingerprint density at radius 1 is 1.17 bits per heavy atom. The number of piperidine rings is 1. The van der Waals surface area contributed by atoms with Crippen LogP contribution in [-0.2, 0) is 0 Å². The highest BCUT2D eigenvalue weighted by Crippen LogP contribution is 2.21. The summed E-state index contributed by atoms with van der Waals surface area (Å²) in [5, 5.41) is 3.38. The van der Waals surface area contributed by atoms with Crippen LogP contribution < -0.4 is 16.0 Å². The predicted octanol–water partition coefficient (Wildman–Crippen LogP) is 2.83. The van der Waals surface area contributed by atoms with Crippen molar-refractivity contribution in [2.45, 2.75) is 38.6 Å². The second-order valence-corrected chi connectivity index (χ2v) is 5.14. The monoisotopic (exact) mass is 247 g/mol. The fourth-order valence-electron chi connectivity index (χ4n) is 2.34. The molecule has 0 radical (unpaired) electrons. The summed E-state index contributed by atoms with van der Waals surface area (Å²) < 4.78 is 0. The second-order valence-electron chi connectivity index (χ2n) is 5.14. The highest BCUT2D eigenvalue weighted by Gasteiger charge is 2.10. The number of nitrogens with two attached hydrogens (primary N) is 1. The Hall–Kier alpha value is -1.22. The van der Waals surface area contributed by atoms with E-state index in [2.05, 4.69) is 41.4 Å². The molecule has 0 saturated carbocycles. The number of nitrogens with one attached hydrogen (secondary N) is 1. The minimum absolute atomic E-state index is 0.242. The van der Waals surface area contributed by atoms with Crippen molar-refractivity contribution in [3.05, 3.63) is 24.3 Å². The van der Waals surface area contributed by atoms with E-state index in [0.717, 1.165) is 13.0 Å². The molecule has 1 atom stereocenters. The second kappa shape index (κ2) is 6.64. The molecule has 1 aromatic rings. The summed E-state index contributed by atoms with van der Waals surface area (Å²) in [7, 11) is 0. The maximum atomic E-state index is 5.90. The van der Waals surface area contributed by atoms with Crippen LogP contribution in [0.5, 0.6) is 0 Å². The summed E-state index contributed by atoms with van der Waals surface area (Å²) in [5.74, 6) is 0. The first-order chi connectivity index (χ1) is 8.79. The van der Waals surface area contributed by atoms with E-state index in [1.54, 1.807) is 0 Å². The lowest BCUT2D eigenvalue weighted by Gasteiger charge is -2.29. The van der Waals surface area contributed by atoms with Crippen LogP contribution in [0.1, 0.15) is 32.6 Å². The largest absolute Gasteiger partial charge is 0.383 e. The van der Waals surface area contributed by atoms with E-state index in [-0.39, 0.29) is 6.04 Å². The van der Waals surface area contributed by atoms with Gasteiger partial charge in [-0.1, -0.05) is 6.92 Å². The first-order valence-corrected chi connectivity index (χ1v) is 7.14. The number of hydrogen-bond donors (Lipinski definition) is 2. The van der Waals surface area contributed by atoms with E-state index >= 15 is 0 Å². The average molecular weight is 247 g/mol. The van der Waals surface area contributed by atoms with Gasteiger partial charge in [-0.2, -0.15) is 0 Å². The number of anilines is 2. The molecule has 3 nitrogen and oxygen atoms in total. The summed E-state index contributed by atoms with van der Waals surface area (Å²) in [4.78, 5) is 2.48. The molecule has 3 heteroatoms. The Kier molecular flexibility index (Phi) is 4.88. The van der Waals surface area contributed by atoms with Gasteiger partial charge in [0.1, 0.15) is 0 Å². The molecule has 0 bridgehead atoms. The average Bonchev–Trinajstić information content (AvgIpc) is 2.46. The third-order valence-electron chi connectivity index (χ3n) is 3.68. The van der Waals surface area contributed by atoms with E-state index < -0.39 is 0 Å². The van der Waals surface area contributed by atoms with Gasteiger partial charge in [0.05, 0.1) is 0 Å². The Bertz CT molecular complexity index is 341. The van der Waals surface area contributed by atoms with Crippen molar-refractivity contribution in [1.29, 1.82) is 0 Å². The number of benzene rings is 1. The third-order valence-corrected chi connectivity index (χ3v) is 3.68. The molecular weight excluding hydrogens is 222 g/mol. The van der Waals surface area contributed by atoms with Crippen LogP contribution in [0.25, 0.3) is 0 Å². The zero-order valence-corrected chi connectivity index (χ0v) is 11.4. The molecule has 0 amide bonds. The molecular formula is C15H25N3. The zero-order chi connectivity index (χ0) is 12.8. The zero-order valence-electron chi connectivity index (χ0n) is 11.4. The van der Waals surface area contributed by atoms with Crippen LogP contribution in [0.15, 0.2) is 24.3 Å². The van der Waals surface area contributed by atoms with E-state index in [4.69, 9.17) is 5.73 Å². The van der Waals surface area contributed by atoms with Crippen molar-refractivity contribution in [2.75, 3.05) is 29.9 Å². The first kappa shape index (κ1) is 13.2. The van der Waals surface area contributed by atoms with Gasteiger partial charge in [-0.25, -0.2) is 0 Å². The van der Waals surface area contributed by atoms with Gasteiger partial charge in [0.2, 0.25) is 0 Å². The van der Waals surface area contributed by atoms with Gasteiger partial charge in [-0.3, -0.25) is 0 Å². The van der Waals surface area contributed by atoms with E-state index in [1.165, 1.54) is 43.7 Å². The topological polar surface area (TPSA) is 41.3 Å². The Labute approximate surface area is 110 Å². The minimum atomic E-state index is 0.242. The molecule has 100 valence electrons. The normalized spacial score (nSPS) is 17.6. The maximum Gasteiger partial charge on any atom is 0.0367 e. The molecule has 0 aromatic heterocycles. The summed E-state index contributed by atoms with van der Waals surface area (Å²) >= 11 is 0. The molecule has 1 unspecified atom stereocenters. The van der Waals surface area contributed by atoms with Gasteiger partial charge in [-0.15, -0.1) is 0 Å². The number of nitrogens with zero attached hydrogens (tertiary/aromatic N) is 1. The summed E-state index contributed by atoms with van der Waals surface area (Å²) in [5.41, 5.74) is 8.41. The summed E-state index contributed by atoms with van der Waals surface area (Å²) in [6.45, 7) is 5.37. The van der Waals surface area contributed by atoms with Crippen molar-refractivity contribution in [1.82, 2.24) is 0 Å². The third kappa shape index (κ3) is 3.64. The summed E-state index contributed by atoms with van der Waals surface area (Å²) in [6.07, 6.45) is 5.04. The van der Waals surface area contributed by atoms with Crippen LogP contribution in [0.2, 0.25) is 0 Å². The Balaban J connectivity index is 1.88. The SMILES string of the molecule is CCC(N)CNc1ccc(N2CCCCC2)cc1. The molecule has 1 fully saturated rings. The van der Waals surface area contributed by atoms with Crippen molar-refractivity contribution < 1.29 is 0 Å². The van der Waals surface area contributed by atoms with Crippen molar-refractivity contribution in [3.8, 4) is 0 Å². The minimum Gasteiger partial charge on any atom is -0.383 e. The standard InChI is InChI=1S/C15H25N3/c1-2-13(16)12-17-14-6-8-15(9-7-14)18-10-4-3-5-11-18/h6-9,13,17H,2-5,10-12,16H2,1H3. The molecule has 1 heterocycles. The summed E-state index contributed by atoms with van der Waals surface area (Å²) in [6, 6.07) is 8.99. The van der Waals surface area contributed by atoms with Gasteiger partial charge in [0.15, 0.2) is 0 Å². The quantitative estimate of drug-likeness (QED) is 0.840. The molecule has 1 aromatic carbocycles. The van der Waals surface area contributed by atoms with Gasteiger partial charge >= 0.3 is 0 Å². The van der Waals surface area contributed by atoms with Gasteiger partial charge in [0, 0.05) is 37.1 Å². The Morgan fingerprint density at radius 3 is 2.44 bits per heavy atom. The molecule has 3 N–H and O–H groups in total. The van der Waals surface area contributed by atoms with Crippen molar-refractivity contribution in [3.63, 3.8) is 0 Å². The molecule has 0 aliphatic carbocycles. The smallest absolute Gasteiger partial charge is 0.0367 e. The van der Waals surface area contributed by atoms with Crippen LogP contribution in [0, 0.1) is 0 Å². The molecule has 0 spiro atoms. The first-order valence-electron chi connectivity index (χ1n) is 7.14. The van der Waals surface area contributed by atoms with Crippen molar-refractivity contribution >= 4 is 11.4 Å². The lowest BCUT2D eigenvalue weighted by molar-refractivity contribution is 0.578. The lowest BCUT2D eigenvalue weighted by atomic mass is 10.1. The van der Waals surface area contributed by atoms with Gasteiger partial charge < -0.3 is 16.0 Å². The number of rotatable bonds is 5. The highest BCUT2D eigenvalue weighted by molar-refractivity contribution is 5.55. The van der Waals surface area contributed by atoms with Crippen LogP contribution in [0.3, 0.4) is 0 Å². The van der Waals surface area contributed by atoms with Crippen molar-refractivity contribution in [2.24, 2.45) is 5.73 Å². The van der Waals surface area contributed by atoms with E-state index in [0.29, 0.717) is 0 Å². The number of hydrogen-bond acceptors (Lipinski definition) is 3. The lowest BCUT2D eigenvalue weighted by Crippen LogP contribution is -2.29. The van der Waals surface area contributed by atoms with E-state index in [9.17, 15) is 0 Å². The predicted molar refractivity (Wildman–Crippen MR) is 79.3 cm³/mol. The Morgan fingerprint density at radius 2 is 1.83 bits per heavy atom. The fourth-order valence-corrected chi connectivity index (χ4v) is 2.34. The molecule has 2 rings (SSSR count). The van der Waals surface area contributed by atoms with Crippen LogP contribution in [0.4, 0.5) is 11.4 Å². The van der Waals surface area contributed by atoms with Crippen LogP contribution >= 0.6 is 0 Å². The molecule has 1 aliphatic rings. The van der Waals surface area contributed by atoms with Gasteiger partial charge in [0.25, 0.3) is 0 Å². The van der Waals surface area contributed by atoms with E-state index in [1.807, 2.05) is 0 Å². The highest BCUT2D eigenvalue weighted by atomic mass is 15.1. The molecule has 1 saturated heterocycles. The maximum absolute atomic E-state index is 5.90. The molecule has 18 heavy (non-hydrogen) atoms. The fraction of sp³-hybridized carbons (Fsp3) is 0.600. The van der Waals surface area contributed by atoms with Crippen LogP contribution in [-0.4, -0.2) is 25.7 Å². The molecule has 1 aliphatic heterocycles.